The van der Waals surface area contributed by atoms with Crippen LogP contribution < -0.4 is 0 Å². The molecule has 7 nitrogen and oxygen atoms in total. The van der Waals surface area contributed by atoms with E-state index in [0.29, 0.717) is 19.5 Å². The Hall–Kier alpha value is -2.51. The lowest BCUT2D eigenvalue weighted by atomic mass is 10.1. The second-order valence-electron chi connectivity index (χ2n) is 5.45. The third kappa shape index (κ3) is 4.48. The molecule has 0 saturated heterocycles. The standard InChI is InChI=1S/C16H20N6O/c1-2-15-19-11-13-3-7-21(12-14(13)20-15)8-4-16(23)22(9-5-17)10-6-18/h11H,2-4,7-10,12H2,1H3. The molecule has 23 heavy (non-hydrogen) atoms. The Balaban J connectivity index is 1.91. The van der Waals surface area contributed by atoms with Gasteiger partial charge in [0.1, 0.15) is 18.9 Å². The van der Waals surface area contributed by atoms with Gasteiger partial charge in [-0.15, -0.1) is 0 Å². The molecule has 0 aliphatic carbocycles. The highest BCUT2D eigenvalue weighted by atomic mass is 16.2. The average molecular weight is 312 g/mol. The van der Waals surface area contributed by atoms with Gasteiger partial charge < -0.3 is 4.90 Å². The van der Waals surface area contributed by atoms with Crippen molar-refractivity contribution in [2.75, 3.05) is 26.2 Å². The largest absolute Gasteiger partial charge is 0.316 e. The maximum Gasteiger partial charge on any atom is 0.225 e. The van der Waals surface area contributed by atoms with Crippen molar-refractivity contribution in [2.24, 2.45) is 0 Å². The Morgan fingerprint density at radius 2 is 2.13 bits per heavy atom. The van der Waals surface area contributed by atoms with Gasteiger partial charge in [-0.3, -0.25) is 9.69 Å². The summed E-state index contributed by atoms with van der Waals surface area (Å²) in [5.74, 6) is 0.687. The van der Waals surface area contributed by atoms with Gasteiger partial charge in [0.25, 0.3) is 0 Å². The second kappa shape index (κ2) is 8.21. The first kappa shape index (κ1) is 16.9. The van der Waals surface area contributed by atoms with Crippen molar-refractivity contribution in [1.82, 2.24) is 19.8 Å². The molecule has 1 aromatic rings. The number of hydrogen-bond acceptors (Lipinski definition) is 6. The van der Waals surface area contributed by atoms with E-state index in [4.69, 9.17) is 10.5 Å². The predicted octanol–water partition coefficient (Wildman–Crippen LogP) is 0.663. The Morgan fingerprint density at radius 3 is 2.78 bits per heavy atom. The molecule has 1 aliphatic heterocycles. The summed E-state index contributed by atoms with van der Waals surface area (Å²) >= 11 is 0. The Bertz CT molecular complexity index is 629. The van der Waals surface area contributed by atoms with E-state index in [1.807, 2.05) is 25.3 Å². The van der Waals surface area contributed by atoms with E-state index in [2.05, 4.69) is 14.9 Å². The number of fused-ring (bicyclic) bond motifs is 1. The van der Waals surface area contributed by atoms with E-state index in [1.54, 1.807) is 0 Å². The lowest BCUT2D eigenvalue weighted by Crippen LogP contribution is -2.37. The minimum absolute atomic E-state index is 0.0394. The number of aryl methyl sites for hydroxylation is 1. The van der Waals surface area contributed by atoms with Crippen LogP contribution in [0.4, 0.5) is 0 Å². The summed E-state index contributed by atoms with van der Waals surface area (Å²) in [6.45, 7) is 4.14. The molecule has 0 atom stereocenters. The zero-order chi connectivity index (χ0) is 16.7. The van der Waals surface area contributed by atoms with Gasteiger partial charge in [0, 0.05) is 38.7 Å². The fourth-order valence-electron chi connectivity index (χ4n) is 2.57. The van der Waals surface area contributed by atoms with E-state index < -0.39 is 0 Å². The van der Waals surface area contributed by atoms with E-state index in [1.165, 1.54) is 10.5 Å². The summed E-state index contributed by atoms with van der Waals surface area (Å²) in [7, 11) is 0. The molecule has 0 bridgehead atoms. The molecule has 2 heterocycles. The molecule has 7 heteroatoms. The molecule has 1 aromatic heterocycles. The Morgan fingerprint density at radius 1 is 1.39 bits per heavy atom. The lowest BCUT2D eigenvalue weighted by Gasteiger charge is -2.28. The van der Waals surface area contributed by atoms with Crippen LogP contribution >= 0.6 is 0 Å². The number of hydrogen-bond donors (Lipinski definition) is 0. The molecule has 2 rings (SSSR count). The molecule has 0 radical (unpaired) electrons. The number of aromatic nitrogens is 2. The van der Waals surface area contributed by atoms with Crippen LogP contribution in [0.15, 0.2) is 6.20 Å². The fraction of sp³-hybridized carbons (Fsp3) is 0.562. The molecule has 120 valence electrons. The first-order valence-corrected chi connectivity index (χ1v) is 7.75. The van der Waals surface area contributed by atoms with Crippen LogP contribution in [-0.2, 0) is 24.2 Å². The molecule has 0 spiro atoms. The van der Waals surface area contributed by atoms with Gasteiger partial charge in [-0.1, -0.05) is 6.92 Å². The van der Waals surface area contributed by atoms with Crippen LogP contribution in [-0.4, -0.2) is 51.9 Å². The van der Waals surface area contributed by atoms with E-state index in [9.17, 15) is 4.79 Å². The van der Waals surface area contributed by atoms with Crippen molar-refractivity contribution in [1.29, 1.82) is 10.5 Å². The first-order chi connectivity index (χ1) is 11.2. The SMILES string of the molecule is CCc1ncc2c(n1)CN(CCC(=O)N(CC#N)CC#N)CC2. The van der Waals surface area contributed by atoms with Gasteiger partial charge in [0.05, 0.1) is 17.8 Å². The highest BCUT2D eigenvalue weighted by Crippen LogP contribution is 2.16. The number of rotatable bonds is 6. The monoisotopic (exact) mass is 312 g/mol. The van der Waals surface area contributed by atoms with Crippen LogP contribution in [0.2, 0.25) is 0 Å². The van der Waals surface area contributed by atoms with Crippen LogP contribution in [0.1, 0.15) is 30.4 Å². The predicted molar refractivity (Wildman–Crippen MR) is 82.8 cm³/mol. The molecule has 1 amide bonds. The lowest BCUT2D eigenvalue weighted by molar-refractivity contribution is -0.130. The van der Waals surface area contributed by atoms with Gasteiger partial charge in [-0.25, -0.2) is 9.97 Å². The summed E-state index contributed by atoms with van der Waals surface area (Å²) in [6, 6.07) is 3.84. The third-order valence-corrected chi connectivity index (χ3v) is 3.91. The van der Waals surface area contributed by atoms with E-state index in [0.717, 1.165) is 30.9 Å². The molecular weight excluding hydrogens is 292 g/mol. The normalized spacial score (nSPS) is 13.7. The maximum atomic E-state index is 12.1. The minimum Gasteiger partial charge on any atom is -0.316 e. The summed E-state index contributed by atoms with van der Waals surface area (Å²) in [6.07, 6.45) is 3.91. The van der Waals surface area contributed by atoms with Crippen LogP contribution in [0.5, 0.6) is 0 Å². The van der Waals surface area contributed by atoms with Crippen LogP contribution in [0, 0.1) is 22.7 Å². The maximum absolute atomic E-state index is 12.1. The molecule has 0 unspecified atom stereocenters. The summed E-state index contributed by atoms with van der Waals surface area (Å²) in [5, 5.41) is 17.4. The number of nitriles is 2. The summed E-state index contributed by atoms with van der Waals surface area (Å²) < 4.78 is 0. The topological polar surface area (TPSA) is 96.9 Å². The summed E-state index contributed by atoms with van der Waals surface area (Å²) in [5.41, 5.74) is 2.22. The number of carbonyl (C=O) groups is 1. The van der Waals surface area contributed by atoms with Gasteiger partial charge >= 0.3 is 0 Å². The number of nitrogens with zero attached hydrogens (tertiary/aromatic N) is 6. The fourth-order valence-corrected chi connectivity index (χ4v) is 2.57. The molecule has 0 fully saturated rings. The number of amides is 1. The van der Waals surface area contributed by atoms with Crippen molar-refractivity contribution in [3.63, 3.8) is 0 Å². The highest BCUT2D eigenvalue weighted by Gasteiger charge is 2.20. The van der Waals surface area contributed by atoms with Crippen LogP contribution in [0.25, 0.3) is 0 Å². The number of carbonyl (C=O) groups excluding carboxylic acids is 1. The molecular formula is C16H20N6O. The van der Waals surface area contributed by atoms with Gasteiger partial charge in [-0.2, -0.15) is 10.5 Å². The molecule has 0 saturated carbocycles. The van der Waals surface area contributed by atoms with Crippen LogP contribution in [0.3, 0.4) is 0 Å². The smallest absolute Gasteiger partial charge is 0.225 e. The van der Waals surface area contributed by atoms with E-state index in [-0.39, 0.29) is 19.0 Å². The Kier molecular flexibility index (Phi) is 6.02. The van der Waals surface area contributed by atoms with Gasteiger partial charge in [0.2, 0.25) is 5.91 Å². The average Bonchev–Trinajstić information content (AvgIpc) is 2.58. The minimum atomic E-state index is -0.157. The zero-order valence-electron chi connectivity index (χ0n) is 13.3. The van der Waals surface area contributed by atoms with Crippen molar-refractivity contribution >= 4 is 5.91 Å². The second-order valence-corrected chi connectivity index (χ2v) is 5.45. The third-order valence-electron chi connectivity index (χ3n) is 3.91. The van der Waals surface area contributed by atoms with Crippen molar-refractivity contribution < 1.29 is 4.79 Å². The zero-order valence-corrected chi connectivity index (χ0v) is 13.3. The van der Waals surface area contributed by atoms with Crippen molar-refractivity contribution in [3.05, 3.63) is 23.3 Å². The van der Waals surface area contributed by atoms with Crippen molar-refractivity contribution in [2.45, 2.75) is 32.7 Å². The van der Waals surface area contributed by atoms with Crippen molar-refractivity contribution in [3.8, 4) is 12.1 Å². The molecule has 1 aliphatic rings. The van der Waals surface area contributed by atoms with Gasteiger partial charge in [0.15, 0.2) is 0 Å². The first-order valence-electron chi connectivity index (χ1n) is 7.75. The molecule has 0 aromatic carbocycles. The van der Waals surface area contributed by atoms with E-state index >= 15 is 0 Å². The highest BCUT2D eigenvalue weighted by molar-refractivity contribution is 5.76. The van der Waals surface area contributed by atoms with Gasteiger partial charge in [-0.05, 0) is 12.0 Å². The molecule has 0 N–H and O–H groups in total. The quantitative estimate of drug-likeness (QED) is 0.716. The Labute approximate surface area is 136 Å². The summed E-state index contributed by atoms with van der Waals surface area (Å²) in [4.78, 5) is 24.4.